The molecule has 0 bridgehead atoms. The van der Waals surface area contributed by atoms with Gasteiger partial charge in [0.15, 0.2) is 0 Å². The fourth-order valence-corrected chi connectivity index (χ4v) is 3.64. The smallest absolute Gasteiger partial charge is 0.272 e. The second-order valence-corrected chi connectivity index (χ2v) is 8.97. The van der Waals surface area contributed by atoms with Crippen LogP contribution in [-0.2, 0) is 10.2 Å². The van der Waals surface area contributed by atoms with E-state index >= 15 is 0 Å². The van der Waals surface area contributed by atoms with Gasteiger partial charge in [0, 0.05) is 38.8 Å². The quantitative estimate of drug-likeness (QED) is 0.661. The number of rotatable bonds is 6. The minimum absolute atomic E-state index is 0.0687. The molecule has 0 unspecified atom stereocenters. The van der Waals surface area contributed by atoms with E-state index in [2.05, 4.69) is 37.9 Å². The maximum absolute atomic E-state index is 12.6. The Labute approximate surface area is 185 Å². The molecule has 2 heterocycles. The Morgan fingerprint density at radius 3 is 2.35 bits per heavy atom. The molecule has 0 spiro atoms. The molecule has 0 saturated carbocycles. The molecule has 0 atom stereocenters. The van der Waals surface area contributed by atoms with Crippen LogP contribution in [0.4, 0.5) is 0 Å². The number of hydrogen-bond donors (Lipinski definition) is 0. The zero-order valence-corrected chi connectivity index (χ0v) is 18.8. The molecule has 0 radical (unpaired) electrons. The van der Waals surface area contributed by atoms with E-state index in [-0.39, 0.29) is 17.2 Å². The van der Waals surface area contributed by atoms with Crippen molar-refractivity contribution in [2.24, 2.45) is 0 Å². The Morgan fingerprint density at radius 2 is 1.68 bits per heavy atom. The minimum Gasteiger partial charge on any atom is -0.494 e. The molecule has 1 fully saturated rings. The number of aromatic nitrogens is 1. The number of hydrogen-bond acceptors (Lipinski definition) is 4. The minimum atomic E-state index is -0.0687. The van der Waals surface area contributed by atoms with Gasteiger partial charge in [-0.15, -0.1) is 0 Å². The summed E-state index contributed by atoms with van der Waals surface area (Å²) in [5, 5.41) is 0. The van der Waals surface area contributed by atoms with Gasteiger partial charge < -0.3 is 14.5 Å². The summed E-state index contributed by atoms with van der Waals surface area (Å²) < 4.78 is 5.80. The van der Waals surface area contributed by atoms with Gasteiger partial charge in [-0.2, -0.15) is 0 Å². The van der Waals surface area contributed by atoms with E-state index in [1.807, 2.05) is 23.1 Å². The van der Waals surface area contributed by atoms with Gasteiger partial charge in [-0.3, -0.25) is 14.6 Å². The first-order valence-electron chi connectivity index (χ1n) is 11.1. The van der Waals surface area contributed by atoms with E-state index < -0.39 is 0 Å². The fraction of sp³-hybridized carbons (Fsp3) is 0.480. The van der Waals surface area contributed by atoms with Crippen molar-refractivity contribution in [2.75, 3.05) is 32.8 Å². The molecule has 3 rings (SSSR count). The topological polar surface area (TPSA) is 62.7 Å². The lowest BCUT2D eigenvalue weighted by molar-refractivity contribution is -0.131. The third-order valence-electron chi connectivity index (χ3n) is 5.54. The maximum atomic E-state index is 12.6. The highest BCUT2D eigenvalue weighted by Gasteiger charge is 2.23. The number of ether oxygens (including phenoxy) is 1. The molecule has 0 N–H and O–H groups in total. The van der Waals surface area contributed by atoms with Crippen LogP contribution in [-0.4, -0.2) is 59.4 Å². The van der Waals surface area contributed by atoms with Crippen LogP contribution in [0.25, 0.3) is 0 Å². The van der Waals surface area contributed by atoms with E-state index in [0.717, 1.165) is 12.2 Å². The monoisotopic (exact) mass is 423 g/mol. The van der Waals surface area contributed by atoms with Crippen molar-refractivity contribution in [2.45, 2.75) is 45.4 Å². The average Bonchev–Trinajstić information content (AvgIpc) is 3.03. The molecule has 1 saturated heterocycles. The van der Waals surface area contributed by atoms with E-state index in [0.29, 0.717) is 51.3 Å². The van der Waals surface area contributed by atoms with Crippen LogP contribution in [0.3, 0.4) is 0 Å². The van der Waals surface area contributed by atoms with Crippen LogP contribution in [0, 0.1) is 0 Å². The van der Waals surface area contributed by atoms with Crippen LogP contribution >= 0.6 is 0 Å². The lowest BCUT2D eigenvalue weighted by Crippen LogP contribution is -2.37. The molecule has 2 amide bonds. The first-order chi connectivity index (χ1) is 14.8. The molecule has 1 aromatic carbocycles. The number of carbonyl (C=O) groups excluding carboxylic acids is 2. The van der Waals surface area contributed by atoms with Gasteiger partial charge in [0.05, 0.1) is 6.61 Å². The summed E-state index contributed by atoms with van der Waals surface area (Å²) in [5.74, 6) is 0.887. The van der Waals surface area contributed by atoms with Crippen molar-refractivity contribution < 1.29 is 14.3 Å². The molecule has 1 aliphatic heterocycles. The van der Waals surface area contributed by atoms with Crippen LogP contribution in [0.2, 0.25) is 0 Å². The highest BCUT2D eigenvalue weighted by atomic mass is 16.5. The molecule has 166 valence electrons. The Kier molecular flexibility index (Phi) is 7.66. The molecule has 2 aromatic rings. The number of pyridine rings is 1. The molecule has 1 aliphatic rings. The zero-order chi connectivity index (χ0) is 22.3. The highest BCUT2D eigenvalue weighted by molar-refractivity contribution is 5.92. The van der Waals surface area contributed by atoms with Crippen molar-refractivity contribution in [3.05, 3.63) is 59.9 Å². The third-order valence-corrected chi connectivity index (χ3v) is 5.54. The first-order valence-corrected chi connectivity index (χ1v) is 11.1. The molecule has 31 heavy (non-hydrogen) atoms. The molecule has 0 aliphatic carbocycles. The summed E-state index contributed by atoms with van der Waals surface area (Å²) in [7, 11) is 0. The Bertz CT molecular complexity index is 860. The van der Waals surface area contributed by atoms with E-state index in [4.69, 9.17) is 4.74 Å². The molecule has 1 aromatic heterocycles. The van der Waals surface area contributed by atoms with Crippen molar-refractivity contribution in [3.63, 3.8) is 0 Å². The normalized spacial score (nSPS) is 14.8. The second-order valence-electron chi connectivity index (χ2n) is 8.97. The van der Waals surface area contributed by atoms with Gasteiger partial charge in [0.1, 0.15) is 11.4 Å². The number of amides is 2. The molecular weight excluding hydrogens is 390 g/mol. The van der Waals surface area contributed by atoms with E-state index in [1.165, 1.54) is 5.56 Å². The summed E-state index contributed by atoms with van der Waals surface area (Å²) in [6.07, 6.45) is 3.53. The van der Waals surface area contributed by atoms with Crippen molar-refractivity contribution in [3.8, 4) is 5.75 Å². The average molecular weight is 424 g/mol. The standard InChI is InChI=1S/C25H33N3O3/c1-25(2,3)20-10-12-21(13-11-20)31-19-6-9-23(29)27-15-7-16-28(18-17-27)24(30)22-8-4-5-14-26-22/h4-5,8,10-14H,6-7,9,15-19H2,1-3H3. The van der Waals surface area contributed by atoms with Gasteiger partial charge in [-0.1, -0.05) is 39.0 Å². The second kappa shape index (κ2) is 10.4. The summed E-state index contributed by atoms with van der Waals surface area (Å²) in [6, 6.07) is 13.5. The van der Waals surface area contributed by atoms with Gasteiger partial charge >= 0.3 is 0 Å². The van der Waals surface area contributed by atoms with Crippen molar-refractivity contribution >= 4 is 11.8 Å². The van der Waals surface area contributed by atoms with Crippen molar-refractivity contribution in [1.29, 1.82) is 0 Å². The summed E-state index contributed by atoms with van der Waals surface area (Å²) in [6.45, 7) is 9.50. The predicted octanol–water partition coefficient (Wildman–Crippen LogP) is 3.91. The number of carbonyl (C=O) groups is 2. The van der Waals surface area contributed by atoms with Gasteiger partial charge in [-0.25, -0.2) is 0 Å². The molecule has 6 heteroatoms. The van der Waals surface area contributed by atoms with E-state index in [9.17, 15) is 9.59 Å². The lowest BCUT2D eigenvalue weighted by Gasteiger charge is -2.22. The van der Waals surface area contributed by atoms with Gasteiger partial charge in [-0.05, 0) is 48.1 Å². The summed E-state index contributed by atoms with van der Waals surface area (Å²) >= 11 is 0. The van der Waals surface area contributed by atoms with Crippen molar-refractivity contribution in [1.82, 2.24) is 14.8 Å². The van der Waals surface area contributed by atoms with Crippen LogP contribution in [0.15, 0.2) is 48.7 Å². The van der Waals surface area contributed by atoms with Crippen LogP contribution in [0.5, 0.6) is 5.75 Å². The summed E-state index contributed by atoms with van der Waals surface area (Å²) in [5.41, 5.74) is 1.84. The predicted molar refractivity (Wildman–Crippen MR) is 121 cm³/mol. The molecular formula is C25H33N3O3. The maximum Gasteiger partial charge on any atom is 0.272 e. The van der Waals surface area contributed by atoms with Crippen LogP contribution in [0.1, 0.15) is 56.1 Å². The lowest BCUT2D eigenvalue weighted by atomic mass is 9.87. The fourth-order valence-electron chi connectivity index (χ4n) is 3.64. The third kappa shape index (κ3) is 6.54. The molecule has 6 nitrogen and oxygen atoms in total. The van der Waals surface area contributed by atoms with Gasteiger partial charge in [0.2, 0.25) is 5.91 Å². The Balaban J connectivity index is 1.40. The SMILES string of the molecule is CC(C)(C)c1ccc(OCCCC(=O)N2CCCN(C(=O)c3ccccn3)CC2)cc1. The van der Waals surface area contributed by atoms with Crippen LogP contribution < -0.4 is 4.74 Å². The Morgan fingerprint density at radius 1 is 0.968 bits per heavy atom. The number of benzene rings is 1. The Hall–Kier alpha value is -2.89. The zero-order valence-electron chi connectivity index (χ0n) is 18.8. The first kappa shape index (κ1) is 22.8. The largest absolute Gasteiger partial charge is 0.494 e. The van der Waals surface area contributed by atoms with E-state index in [1.54, 1.807) is 23.2 Å². The van der Waals surface area contributed by atoms with Gasteiger partial charge in [0.25, 0.3) is 5.91 Å². The summed E-state index contributed by atoms with van der Waals surface area (Å²) in [4.78, 5) is 33.0. The highest BCUT2D eigenvalue weighted by Crippen LogP contribution is 2.24. The number of nitrogens with zero attached hydrogens (tertiary/aromatic N) is 3.